The van der Waals surface area contributed by atoms with Crippen LogP contribution in [0, 0.1) is 0 Å². The van der Waals surface area contributed by atoms with Crippen molar-refractivity contribution in [3.05, 3.63) is 57.5 Å². The van der Waals surface area contributed by atoms with Crippen LogP contribution in [0.15, 0.2) is 40.3 Å². The fraction of sp³-hybridized carbons (Fsp3) is 0.294. The van der Waals surface area contributed by atoms with Gasteiger partial charge in [0, 0.05) is 11.4 Å². The molecule has 0 spiro atoms. The van der Waals surface area contributed by atoms with E-state index in [0.29, 0.717) is 5.16 Å². The molecule has 0 radical (unpaired) electrons. The number of H-pyrrole nitrogens is 2. The van der Waals surface area contributed by atoms with Gasteiger partial charge in [-0.15, -0.1) is 0 Å². The van der Waals surface area contributed by atoms with Crippen LogP contribution in [-0.4, -0.2) is 15.0 Å². The summed E-state index contributed by atoms with van der Waals surface area (Å²) >= 11 is 1.56. The highest BCUT2D eigenvalue weighted by Gasteiger charge is 2.19. The highest BCUT2D eigenvalue weighted by molar-refractivity contribution is 7.98. The fourth-order valence-electron chi connectivity index (χ4n) is 3.08. The third kappa shape index (κ3) is 2.46. The summed E-state index contributed by atoms with van der Waals surface area (Å²) in [5.41, 5.74) is 4.33. The first-order valence-corrected chi connectivity index (χ1v) is 8.60. The Balaban J connectivity index is 1.67. The zero-order valence-electron chi connectivity index (χ0n) is 12.2. The summed E-state index contributed by atoms with van der Waals surface area (Å²) in [6.07, 6.45) is 4.35. The molecule has 112 valence electrons. The summed E-state index contributed by atoms with van der Waals surface area (Å²) in [7, 11) is 0. The Labute approximate surface area is 132 Å². The fourth-order valence-corrected chi connectivity index (χ4v) is 3.90. The number of aromatic amines is 2. The van der Waals surface area contributed by atoms with Gasteiger partial charge in [-0.3, -0.25) is 4.79 Å². The van der Waals surface area contributed by atoms with Gasteiger partial charge in [0.2, 0.25) is 0 Å². The molecular weight excluding hydrogens is 294 g/mol. The van der Waals surface area contributed by atoms with Crippen LogP contribution < -0.4 is 5.56 Å². The zero-order valence-corrected chi connectivity index (χ0v) is 13.0. The third-order valence-corrected chi connectivity index (χ3v) is 5.10. The van der Waals surface area contributed by atoms with E-state index in [-0.39, 0.29) is 5.56 Å². The molecule has 0 fully saturated rings. The summed E-state index contributed by atoms with van der Waals surface area (Å²) in [5.74, 6) is 0.801. The molecule has 2 N–H and O–H groups in total. The molecule has 0 aliphatic heterocycles. The van der Waals surface area contributed by atoms with E-state index >= 15 is 0 Å². The minimum atomic E-state index is -0.0139. The lowest BCUT2D eigenvalue weighted by molar-refractivity contribution is 0.679. The normalized spacial score (nSPS) is 14.2. The number of aromatic nitrogens is 3. The van der Waals surface area contributed by atoms with Crippen LogP contribution in [0.1, 0.15) is 29.7 Å². The molecule has 2 heterocycles. The van der Waals surface area contributed by atoms with Crippen LogP contribution in [-0.2, 0) is 18.6 Å². The highest BCUT2D eigenvalue weighted by atomic mass is 32.2. The molecule has 0 unspecified atom stereocenters. The van der Waals surface area contributed by atoms with E-state index < -0.39 is 0 Å². The van der Waals surface area contributed by atoms with Gasteiger partial charge in [-0.05, 0) is 36.8 Å². The Morgan fingerprint density at radius 3 is 2.77 bits per heavy atom. The minimum absolute atomic E-state index is 0.0139. The van der Waals surface area contributed by atoms with Gasteiger partial charge in [-0.1, -0.05) is 42.1 Å². The Morgan fingerprint density at radius 2 is 1.91 bits per heavy atom. The van der Waals surface area contributed by atoms with Crippen molar-refractivity contribution < 1.29 is 0 Å². The van der Waals surface area contributed by atoms with Crippen molar-refractivity contribution in [2.24, 2.45) is 0 Å². The number of fused-ring (bicyclic) bond motifs is 3. The first-order valence-electron chi connectivity index (χ1n) is 7.62. The lowest BCUT2D eigenvalue weighted by Gasteiger charge is -2.09. The van der Waals surface area contributed by atoms with Crippen molar-refractivity contribution in [1.29, 1.82) is 0 Å². The first kappa shape index (κ1) is 13.6. The maximum absolute atomic E-state index is 12.4. The summed E-state index contributed by atoms with van der Waals surface area (Å²) in [6, 6.07) is 10.2. The number of hydrogen-bond donors (Lipinski definition) is 2. The third-order valence-electron chi connectivity index (χ3n) is 4.15. The van der Waals surface area contributed by atoms with Crippen LogP contribution >= 0.6 is 11.8 Å². The van der Waals surface area contributed by atoms with Crippen LogP contribution in [0.3, 0.4) is 0 Å². The van der Waals surface area contributed by atoms with E-state index in [4.69, 9.17) is 0 Å². The maximum Gasteiger partial charge on any atom is 0.261 e. The van der Waals surface area contributed by atoms with Crippen LogP contribution in [0.4, 0.5) is 0 Å². The molecule has 2 aromatic heterocycles. The number of aryl methyl sites for hydroxylation is 2. The molecule has 4 rings (SSSR count). The summed E-state index contributed by atoms with van der Waals surface area (Å²) in [4.78, 5) is 23.3. The topological polar surface area (TPSA) is 61.5 Å². The molecular formula is C17H17N3OS. The van der Waals surface area contributed by atoms with Gasteiger partial charge >= 0.3 is 0 Å². The van der Waals surface area contributed by atoms with Crippen molar-refractivity contribution in [3.63, 3.8) is 0 Å². The van der Waals surface area contributed by atoms with Gasteiger partial charge < -0.3 is 9.97 Å². The lowest BCUT2D eigenvalue weighted by atomic mass is 9.96. The number of nitrogens with one attached hydrogen (secondary N) is 2. The van der Waals surface area contributed by atoms with Crippen molar-refractivity contribution in [2.75, 3.05) is 0 Å². The zero-order chi connectivity index (χ0) is 14.9. The van der Waals surface area contributed by atoms with Gasteiger partial charge in [-0.25, -0.2) is 4.98 Å². The molecule has 3 aromatic rings. The molecule has 22 heavy (non-hydrogen) atoms. The van der Waals surface area contributed by atoms with Crippen LogP contribution in [0.5, 0.6) is 0 Å². The predicted octanol–water partition coefficient (Wildman–Crippen LogP) is 3.42. The first-order chi connectivity index (χ1) is 10.8. The average Bonchev–Trinajstić information content (AvgIpc) is 2.92. The second kappa shape index (κ2) is 5.65. The van der Waals surface area contributed by atoms with Gasteiger partial charge in [0.05, 0.1) is 5.39 Å². The van der Waals surface area contributed by atoms with Crippen molar-refractivity contribution in [3.8, 4) is 0 Å². The van der Waals surface area contributed by atoms with E-state index in [0.717, 1.165) is 36.0 Å². The van der Waals surface area contributed by atoms with Crippen molar-refractivity contribution in [2.45, 2.75) is 36.6 Å². The smallest absolute Gasteiger partial charge is 0.261 e. The molecule has 1 aromatic carbocycles. The summed E-state index contributed by atoms with van der Waals surface area (Å²) < 4.78 is 0. The van der Waals surface area contributed by atoms with Gasteiger partial charge in [0.15, 0.2) is 5.16 Å². The van der Waals surface area contributed by atoms with Crippen molar-refractivity contribution >= 4 is 22.8 Å². The Morgan fingerprint density at radius 1 is 1.09 bits per heavy atom. The van der Waals surface area contributed by atoms with E-state index in [2.05, 4.69) is 27.1 Å². The quantitative estimate of drug-likeness (QED) is 0.575. The minimum Gasteiger partial charge on any atom is -0.343 e. The van der Waals surface area contributed by atoms with E-state index in [1.54, 1.807) is 11.8 Å². The summed E-state index contributed by atoms with van der Waals surface area (Å²) in [6.45, 7) is 0. The summed E-state index contributed by atoms with van der Waals surface area (Å²) in [5, 5.41) is 1.44. The molecule has 0 bridgehead atoms. The van der Waals surface area contributed by atoms with Gasteiger partial charge in [0.1, 0.15) is 5.65 Å². The Hall–Kier alpha value is -2.01. The average molecular weight is 311 g/mol. The van der Waals surface area contributed by atoms with Crippen LogP contribution in [0.25, 0.3) is 11.0 Å². The number of thioether (sulfide) groups is 1. The van der Waals surface area contributed by atoms with Gasteiger partial charge in [0.25, 0.3) is 5.56 Å². The van der Waals surface area contributed by atoms with E-state index in [9.17, 15) is 4.79 Å². The Bertz CT molecular complexity index is 867. The van der Waals surface area contributed by atoms with Crippen molar-refractivity contribution in [1.82, 2.24) is 15.0 Å². The standard InChI is InChI=1S/C17H17N3OS/c21-16-14-12-8-4-5-9-13(12)18-15(14)19-17(20-16)22-10-11-6-2-1-3-7-11/h1-3,6-7H,4-5,8-10H2,(H2,18,19,20,21). The Kier molecular flexibility index (Phi) is 3.50. The number of benzene rings is 1. The lowest BCUT2D eigenvalue weighted by Crippen LogP contribution is -2.10. The molecule has 5 heteroatoms. The maximum atomic E-state index is 12.4. The molecule has 4 nitrogen and oxygen atoms in total. The van der Waals surface area contributed by atoms with Gasteiger partial charge in [-0.2, -0.15) is 0 Å². The number of nitrogens with zero attached hydrogens (tertiary/aromatic N) is 1. The number of hydrogen-bond acceptors (Lipinski definition) is 3. The predicted molar refractivity (Wildman–Crippen MR) is 89.4 cm³/mol. The van der Waals surface area contributed by atoms with E-state index in [1.807, 2.05) is 18.2 Å². The molecule has 0 atom stereocenters. The molecule has 1 aliphatic rings. The largest absolute Gasteiger partial charge is 0.343 e. The molecule has 0 amide bonds. The SMILES string of the molecule is O=c1[nH]c(SCc2ccccc2)nc2[nH]c3c(c12)CCCC3. The second-order valence-electron chi connectivity index (χ2n) is 5.66. The monoisotopic (exact) mass is 311 g/mol. The second-order valence-corrected chi connectivity index (χ2v) is 6.62. The molecule has 0 saturated carbocycles. The molecule has 1 aliphatic carbocycles. The number of rotatable bonds is 3. The highest BCUT2D eigenvalue weighted by Crippen LogP contribution is 2.27. The van der Waals surface area contributed by atoms with Crippen LogP contribution in [0.2, 0.25) is 0 Å². The molecule has 0 saturated heterocycles. The van der Waals surface area contributed by atoms with E-state index in [1.165, 1.54) is 23.2 Å².